The molecule has 0 aliphatic carbocycles. The first-order valence-electron chi connectivity index (χ1n) is 6.63. The minimum absolute atomic E-state index is 0.211. The van der Waals surface area contributed by atoms with Gasteiger partial charge in [0.25, 0.3) is 5.91 Å². The number of nitrogens with one attached hydrogen (secondary N) is 1. The lowest BCUT2D eigenvalue weighted by molar-refractivity contribution is -0.140. The van der Waals surface area contributed by atoms with Gasteiger partial charge >= 0.3 is 5.97 Å². The van der Waals surface area contributed by atoms with Crippen molar-refractivity contribution in [3.05, 3.63) is 34.3 Å². The molecular formula is C15H20BrNO4. The number of hydrogen-bond acceptors (Lipinski definition) is 3. The second kappa shape index (κ2) is 7.56. The molecule has 0 spiro atoms. The van der Waals surface area contributed by atoms with E-state index in [2.05, 4.69) is 21.2 Å². The third-order valence-corrected chi connectivity index (χ3v) is 3.36. The predicted molar refractivity (Wildman–Crippen MR) is 83.4 cm³/mol. The Kier molecular flexibility index (Phi) is 6.36. The lowest BCUT2D eigenvalue weighted by Crippen LogP contribution is -2.42. The highest BCUT2D eigenvalue weighted by atomic mass is 79.9. The maximum Gasteiger partial charge on any atom is 0.326 e. The van der Waals surface area contributed by atoms with E-state index in [1.807, 2.05) is 20.8 Å². The number of ether oxygens (including phenoxy) is 1. The van der Waals surface area contributed by atoms with Gasteiger partial charge in [0.15, 0.2) is 0 Å². The molecule has 1 atom stereocenters. The zero-order valence-electron chi connectivity index (χ0n) is 12.4. The molecule has 2 N–H and O–H groups in total. The maximum absolute atomic E-state index is 12.1. The lowest BCUT2D eigenvalue weighted by Gasteiger charge is -2.21. The number of carboxylic acids is 1. The summed E-state index contributed by atoms with van der Waals surface area (Å²) >= 11 is 3.27. The summed E-state index contributed by atoms with van der Waals surface area (Å²) in [6, 6.07) is 5.88. The van der Waals surface area contributed by atoms with Crippen LogP contribution in [0.2, 0.25) is 0 Å². The van der Waals surface area contributed by atoms with Crippen LogP contribution in [0.4, 0.5) is 0 Å². The molecule has 0 aliphatic rings. The van der Waals surface area contributed by atoms with Gasteiger partial charge in [0, 0.05) is 17.5 Å². The maximum atomic E-state index is 12.1. The van der Waals surface area contributed by atoms with Crippen LogP contribution in [-0.4, -0.2) is 35.2 Å². The van der Waals surface area contributed by atoms with E-state index >= 15 is 0 Å². The van der Waals surface area contributed by atoms with Gasteiger partial charge in [-0.15, -0.1) is 0 Å². The first kappa shape index (κ1) is 17.7. The van der Waals surface area contributed by atoms with Crippen LogP contribution >= 0.6 is 15.9 Å². The zero-order chi connectivity index (χ0) is 16.0. The molecule has 0 fully saturated rings. The molecular weight excluding hydrogens is 338 g/mol. The Labute approximate surface area is 132 Å². The van der Waals surface area contributed by atoms with Crippen LogP contribution in [-0.2, 0) is 9.53 Å². The van der Waals surface area contributed by atoms with Crippen LogP contribution in [0.15, 0.2) is 28.7 Å². The van der Waals surface area contributed by atoms with Crippen LogP contribution in [0.25, 0.3) is 0 Å². The number of carboxylic acid groups (broad SMARTS) is 1. The molecule has 0 bridgehead atoms. The highest BCUT2D eigenvalue weighted by Gasteiger charge is 2.22. The number of benzene rings is 1. The summed E-state index contributed by atoms with van der Waals surface area (Å²) in [5, 5.41) is 11.7. The molecule has 0 heterocycles. The van der Waals surface area contributed by atoms with E-state index in [4.69, 9.17) is 4.74 Å². The SMILES string of the molecule is CC(C)(C)OCCC(NC(=O)c1ccccc1Br)C(=O)O. The van der Waals surface area contributed by atoms with Crippen molar-refractivity contribution in [3.8, 4) is 0 Å². The highest BCUT2D eigenvalue weighted by Crippen LogP contribution is 2.16. The molecule has 116 valence electrons. The third-order valence-electron chi connectivity index (χ3n) is 2.66. The second-order valence-corrected chi connectivity index (χ2v) is 6.45. The second-order valence-electron chi connectivity index (χ2n) is 5.59. The normalized spacial score (nSPS) is 12.8. The molecule has 21 heavy (non-hydrogen) atoms. The quantitative estimate of drug-likeness (QED) is 0.820. The summed E-state index contributed by atoms with van der Waals surface area (Å²) in [5.74, 6) is -1.50. The summed E-state index contributed by atoms with van der Waals surface area (Å²) in [6.07, 6.45) is 0.211. The van der Waals surface area contributed by atoms with Crippen molar-refractivity contribution in [1.82, 2.24) is 5.32 Å². The van der Waals surface area contributed by atoms with Gasteiger partial charge in [-0.25, -0.2) is 4.79 Å². The van der Waals surface area contributed by atoms with Crippen LogP contribution in [0.5, 0.6) is 0 Å². The molecule has 0 radical (unpaired) electrons. The van der Waals surface area contributed by atoms with Crippen LogP contribution in [0, 0.1) is 0 Å². The minimum atomic E-state index is -1.08. The van der Waals surface area contributed by atoms with E-state index in [1.165, 1.54) is 0 Å². The molecule has 6 heteroatoms. The van der Waals surface area contributed by atoms with E-state index in [9.17, 15) is 14.7 Å². The minimum Gasteiger partial charge on any atom is -0.480 e. The van der Waals surface area contributed by atoms with Crippen LogP contribution in [0.3, 0.4) is 0 Å². The number of carbonyl (C=O) groups excluding carboxylic acids is 1. The van der Waals surface area contributed by atoms with E-state index in [0.29, 0.717) is 10.0 Å². The molecule has 0 saturated heterocycles. The number of rotatable bonds is 6. The van der Waals surface area contributed by atoms with Gasteiger partial charge in [0.05, 0.1) is 11.2 Å². The molecule has 1 amide bonds. The Hall–Kier alpha value is -1.40. The molecule has 1 aromatic rings. The van der Waals surface area contributed by atoms with Crippen molar-refractivity contribution in [3.63, 3.8) is 0 Å². The Morgan fingerprint density at radius 1 is 1.33 bits per heavy atom. The van der Waals surface area contributed by atoms with Crippen molar-refractivity contribution < 1.29 is 19.4 Å². The summed E-state index contributed by atoms with van der Waals surface area (Å²) < 4.78 is 6.12. The van der Waals surface area contributed by atoms with Gasteiger partial charge in [0.2, 0.25) is 0 Å². The molecule has 5 nitrogen and oxygen atoms in total. The summed E-state index contributed by atoms with van der Waals surface area (Å²) in [7, 11) is 0. The fraction of sp³-hybridized carbons (Fsp3) is 0.467. The van der Waals surface area contributed by atoms with Crippen molar-refractivity contribution in [2.45, 2.75) is 38.8 Å². The van der Waals surface area contributed by atoms with Crippen LogP contribution in [0.1, 0.15) is 37.6 Å². The molecule has 1 aromatic carbocycles. The first-order valence-corrected chi connectivity index (χ1v) is 7.42. The van der Waals surface area contributed by atoms with Crippen molar-refractivity contribution in [2.24, 2.45) is 0 Å². The van der Waals surface area contributed by atoms with Crippen LogP contribution < -0.4 is 5.32 Å². The number of hydrogen-bond donors (Lipinski definition) is 2. The van der Waals surface area contributed by atoms with E-state index in [0.717, 1.165) is 0 Å². The topological polar surface area (TPSA) is 75.6 Å². The van der Waals surface area contributed by atoms with Gasteiger partial charge in [-0.05, 0) is 48.8 Å². The summed E-state index contributed by atoms with van der Waals surface area (Å²) in [4.78, 5) is 23.3. The summed E-state index contributed by atoms with van der Waals surface area (Å²) in [5.41, 5.74) is 0.0655. The smallest absolute Gasteiger partial charge is 0.326 e. The summed E-state index contributed by atoms with van der Waals surface area (Å²) in [6.45, 7) is 5.93. The number of aliphatic carboxylic acids is 1. The number of carbonyl (C=O) groups is 2. The third kappa shape index (κ3) is 6.27. The molecule has 1 unspecified atom stereocenters. The zero-order valence-corrected chi connectivity index (χ0v) is 13.9. The van der Waals surface area contributed by atoms with E-state index in [1.54, 1.807) is 24.3 Å². The lowest BCUT2D eigenvalue weighted by atomic mass is 10.1. The Morgan fingerprint density at radius 3 is 2.48 bits per heavy atom. The van der Waals surface area contributed by atoms with Crippen molar-refractivity contribution >= 4 is 27.8 Å². The van der Waals surface area contributed by atoms with Gasteiger partial charge in [-0.2, -0.15) is 0 Å². The van der Waals surface area contributed by atoms with E-state index < -0.39 is 17.9 Å². The van der Waals surface area contributed by atoms with Crippen molar-refractivity contribution in [2.75, 3.05) is 6.61 Å². The van der Waals surface area contributed by atoms with Crippen molar-refractivity contribution in [1.29, 1.82) is 0 Å². The molecule has 0 aromatic heterocycles. The Balaban J connectivity index is 2.65. The van der Waals surface area contributed by atoms with Gasteiger partial charge < -0.3 is 15.2 Å². The number of amides is 1. The molecule has 0 saturated carbocycles. The van der Waals surface area contributed by atoms with E-state index in [-0.39, 0.29) is 18.6 Å². The fourth-order valence-electron chi connectivity index (χ4n) is 1.62. The predicted octanol–water partition coefficient (Wildman–Crippen LogP) is 2.84. The average molecular weight is 358 g/mol. The molecule has 0 aliphatic heterocycles. The highest BCUT2D eigenvalue weighted by molar-refractivity contribution is 9.10. The van der Waals surface area contributed by atoms with Gasteiger partial charge in [-0.3, -0.25) is 4.79 Å². The monoisotopic (exact) mass is 357 g/mol. The number of halogens is 1. The molecule has 1 rings (SSSR count). The standard InChI is InChI=1S/C15H20BrNO4/c1-15(2,3)21-9-8-12(14(19)20)17-13(18)10-6-4-5-7-11(10)16/h4-7,12H,8-9H2,1-3H3,(H,17,18)(H,19,20). The Morgan fingerprint density at radius 2 is 1.95 bits per heavy atom. The first-order chi connectivity index (χ1) is 9.70. The fourth-order valence-corrected chi connectivity index (χ4v) is 2.09. The largest absolute Gasteiger partial charge is 0.480 e. The van der Waals surface area contributed by atoms with Gasteiger partial charge in [0.1, 0.15) is 6.04 Å². The average Bonchev–Trinajstić information content (AvgIpc) is 2.36. The Bertz CT molecular complexity index is 511. The van der Waals surface area contributed by atoms with Gasteiger partial charge in [-0.1, -0.05) is 12.1 Å².